The first kappa shape index (κ1) is 20.7. The summed E-state index contributed by atoms with van der Waals surface area (Å²) < 4.78 is 0. The van der Waals surface area contributed by atoms with E-state index in [1.807, 2.05) is 32.0 Å². The smallest absolute Gasteiger partial charge is 0.273 e. The third-order valence-corrected chi connectivity index (χ3v) is 5.49. The number of imide groups is 1. The summed E-state index contributed by atoms with van der Waals surface area (Å²) in [7, 11) is 0. The Labute approximate surface area is 162 Å². The Morgan fingerprint density at radius 2 is 1.46 bits per heavy atom. The van der Waals surface area contributed by atoms with E-state index in [0.717, 1.165) is 36.0 Å². The minimum Gasteiger partial charge on any atom is -0.274 e. The molecule has 1 aliphatic rings. The largest absolute Gasteiger partial charge is 0.274 e. The van der Waals surface area contributed by atoms with E-state index < -0.39 is 0 Å². The van der Waals surface area contributed by atoms with E-state index in [4.69, 9.17) is 11.6 Å². The first-order valence-corrected chi connectivity index (χ1v) is 10.2. The molecule has 0 unspecified atom stereocenters. The predicted octanol–water partition coefficient (Wildman–Crippen LogP) is 5.76. The van der Waals surface area contributed by atoms with Crippen LogP contribution in [0.2, 0.25) is 0 Å². The SMILES string of the molecule is CCCCCCCCCCN1C(=O)C(Cl)=C(c2ccc(C)c(C)c2)C1=O. The highest BCUT2D eigenvalue weighted by Gasteiger charge is 2.37. The number of hydrogen-bond acceptors (Lipinski definition) is 2. The maximum atomic E-state index is 12.7. The number of carbonyl (C=O) groups excluding carboxylic acids is 2. The number of amides is 2. The molecule has 4 heteroatoms. The maximum absolute atomic E-state index is 12.7. The summed E-state index contributed by atoms with van der Waals surface area (Å²) >= 11 is 6.22. The van der Waals surface area contributed by atoms with Gasteiger partial charge in [0.15, 0.2) is 0 Å². The second-order valence-electron chi connectivity index (χ2n) is 7.22. The van der Waals surface area contributed by atoms with E-state index in [9.17, 15) is 9.59 Å². The van der Waals surface area contributed by atoms with Crippen molar-refractivity contribution in [2.75, 3.05) is 6.54 Å². The molecule has 142 valence electrons. The normalized spacial score (nSPS) is 14.7. The van der Waals surface area contributed by atoms with Crippen LogP contribution in [0.4, 0.5) is 0 Å². The van der Waals surface area contributed by atoms with Crippen LogP contribution in [0.5, 0.6) is 0 Å². The molecule has 2 amide bonds. The number of carbonyl (C=O) groups is 2. The summed E-state index contributed by atoms with van der Waals surface area (Å²) in [6.07, 6.45) is 9.42. The molecule has 0 saturated carbocycles. The Morgan fingerprint density at radius 3 is 2.08 bits per heavy atom. The number of halogens is 1. The number of hydrogen-bond donors (Lipinski definition) is 0. The second kappa shape index (κ2) is 9.91. The maximum Gasteiger partial charge on any atom is 0.273 e. The van der Waals surface area contributed by atoms with Crippen molar-refractivity contribution in [2.45, 2.75) is 72.1 Å². The minimum absolute atomic E-state index is 0.0535. The first-order chi connectivity index (χ1) is 12.5. The molecule has 1 heterocycles. The highest BCUT2D eigenvalue weighted by Crippen LogP contribution is 2.32. The van der Waals surface area contributed by atoms with Gasteiger partial charge in [0.05, 0.1) is 5.57 Å². The highest BCUT2D eigenvalue weighted by atomic mass is 35.5. The third kappa shape index (κ3) is 4.97. The van der Waals surface area contributed by atoms with Gasteiger partial charge in [0.25, 0.3) is 11.8 Å². The summed E-state index contributed by atoms with van der Waals surface area (Å²) in [6.45, 7) is 6.69. The van der Waals surface area contributed by atoms with Crippen molar-refractivity contribution in [1.29, 1.82) is 0 Å². The molecule has 1 aromatic rings. The van der Waals surface area contributed by atoms with Crippen LogP contribution in [0.1, 0.15) is 75.0 Å². The predicted molar refractivity (Wildman–Crippen MR) is 108 cm³/mol. The van der Waals surface area contributed by atoms with E-state index in [2.05, 4.69) is 6.92 Å². The molecule has 3 nitrogen and oxygen atoms in total. The van der Waals surface area contributed by atoms with Gasteiger partial charge >= 0.3 is 0 Å². The number of benzene rings is 1. The monoisotopic (exact) mass is 375 g/mol. The summed E-state index contributed by atoms with van der Waals surface area (Å²) in [4.78, 5) is 26.4. The van der Waals surface area contributed by atoms with Gasteiger partial charge in [-0.25, -0.2) is 0 Å². The zero-order valence-electron chi connectivity index (χ0n) is 16.2. The van der Waals surface area contributed by atoms with Gasteiger partial charge in [0.1, 0.15) is 5.03 Å². The van der Waals surface area contributed by atoms with Crippen LogP contribution in [0.25, 0.3) is 5.57 Å². The van der Waals surface area contributed by atoms with Crippen molar-refractivity contribution >= 4 is 29.0 Å². The van der Waals surface area contributed by atoms with Crippen LogP contribution in [-0.4, -0.2) is 23.3 Å². The average Bonchev–Trinajstić information content (AvgIpc) is 2.83. The quantitative estimate of drug-likeness (QED) is 0.385. The van der Waals surface area contributed by atoms with Crippen molar-refractivity contribution in [3.05, 3.63) is 39.9 Å². The van der Waals surface area contributed by atoms with E-state index in [-0.39, 0.29) is 16.8 Å². The van der Waals surface area contributed by atoms with Crippen molar-refractivity contribution < 1.29 is 9.59 Å². The minimum atomic E-state index is -0.354. The molecular weight excluding hydrogens is 346 g/mol. The van der Waals surface area contributed by atoms with Crippen LogP contribution in [0.3, 0.4) is 0 Å². The summed E-state index contributed by atoms with van der Waals surface area (Å²) in [5, 5.41) is 0.0535. The lowest BCUT2D eigenvalue weighted by atomic mass is 10.0. The Balaban J connectivity index is 1.88. The zero-order valence-corrected chi connectivity index (χ0v) is 17.0. The molecule has 0 fully saturated rings. The fraction of sp³-hybridized carbons (Fsp3) is 0.545. The lowest BCUT2D eigenvalue weighted by molar-refractivity contribution is -0.136. The molecular formula is C22H30ClNO2. The van der Waals surface area contributed by atoms with Crippen molar-refractivity contribution in [3.8, 4) is 0 Å². The number of rotatable bonds is 10. The second-order valence-corrected chi connectivity index (χ2v) is 7.60. The van der Waals surface area contributed by atoms with Crippen molar-refractivity contribution in [2.24, 2.45) is 0 Å². The lowest BCUT2D eigenvalue weighted by Gasteiger charge is -2.15. The lowest BCUT2D eigenvalue weighted by Crippen LogP contribution is -2.32. The van der Waals surface area contributed by atoms with Gasteiger partial charge < -0.3 is 0 Å². The van der Waals surface area contributed by atoms with Crippen LogP contribution in [-0.2, 0) is 9.59 Å². The zero-order chi connectivity index (χ0) is 19.1. The van der Waals surface area contributed by atoms with E-state index in [1.54, 1.807) is 0 Å². The summed E-state index contributed by atoms with van der Waals surface area (Å²) in [5.41, 5.74) is 3.31. The first-order valence-electron chi connectivity index (χ1n) is 9.81. The fourth-order valence-corrected chi connectivity index (χ4v) is 3.59. The molecule has 0 saturated heterocycles. The number of unbranched alkanes of at least 4 members (excludes halogenated alkanes) is 7. The molecule has 0 N–H and O–H groups in total. The van der Waals surface area contributed by atoms with Gasteiger partial charge in [-0.15, -0.1) is 0 Å². The molecule has 0 atom stereocenters. The van der Waals surface area contributed by atoms with E-state index in [0.29, 0.717) is 12.1 Å². The van der Waals surface area contributed by atoms with Crippen LogP contribution >= 0.6 is 11.6 Å². The van der Waals surface area contributed by atoms with Gasteiger partial charge in [-0.2, -0.15) is 0 Å². The topological polar surface area (TPSA) is 37.4 Å². The number of aryl methyl sites for hydroxylation is 2. The average molecular weight is 376 g/mol. The standard InChI is InChI=1S/C22H30ClNO2/c1-4-5-6-7-8-9-10-11-14-24-21(25)19(20(23)22(24)26)18-13-12-16(2)17(3)15-18/h12-13,15H,4-11,14H2,1-3H3. The van der Waals surface area contributed by atoms with Gasteiger partial charge in [-0.05, 0) is 37.0 Å². The van der Waals surface area contributed by atoms with E-state index >= 15 is 0 Å². The van der Waals surface area contributed by atoms with Crippen LogP contribution in [0, 0.1) is 13.8 Å². The number of nitrogens with zero attached hydrogens (tertiary/aromatic N) is 1. The Bertz CT molecular complexity index is 693. The third-order valence-electron chi connectivity index (χ3n) is 5.14. The molecule has 26 heavy (non-hydrogen) atoms. The Hall–Kier alpha value is -1.61. The van der Waals surface area contributed by atoms with Gasteiger partial charge in [-0.3, -0.25) is 14.5 Å². The van der Waals surface area contributed by atoms with Crippen molar-refractivity contribution in [1.82, 2.24) is 4.90 Å². The molecule has 0 aliphatic carbocycles. The molecule has 0 radical (unpaired) electrons. The molecule has 1 aromatic carbocycles. The molecule has 0 aromatic heterocycles. The summed E-state index contributed by atoms with van der Waals surface area (Å²) in [5.74, 6) is -0.612. The molecule has 0 spiro atoms. The Morgan fingerprint density at radius 1 is 0.846 bits per heavy atom. The van der Waals surface area contributed by atoms with Gasteiger partial charge in [0.2, 0.25) is 0 Å². The summed E-state index contributed by atoms with van der Waals surface area (Å²) in [6, 6.07) is 5.75. The van der Waals surface area contributed by atoms with E-state index in [1.165, 1.54) is 37.0 Å². The van der Waals surface area contributed by atoms with Crippen LogP contribution in [0.15, 0.2) is 23.2 Å². The molecule has 1 aliphatic heterocycles. The van der Waals surface area contributed by atoms with Crippen LogP contribution < -0.4 is 0 Å². The highest BCUT2D eigenvalue weighted by molar-refractivity contribution is 6.55. The van der Waals surface area contributed by atoms with Gasteiger partial charge in [0, 0.05) is 6.54 Å². The molecule has 0 bridgehead atoms. The fourth-order valence-electron chi connectivity index (χ4n) is 3.30. The van der Waals surface area contributed by atoms with Gasteiger partial charge in [-0.1, -0.05) is 81.7 Å². The Kier molecular flexibility index (Phi) is 7.89. The molecule has 2 rings (SSSR count). The van der Waals surface area contributed by atoms with Crippen molar-refractivity contribution in [3.63, 3.8) is 0 Å².